The molecule has 5 nitrogen and oxygen atoms in total. The van der Waals surface area contributed by atoms with Gasteiger partial charge in [-0.25, -0.2) is 9.97 Å². The third-order valence-electron chi connectivity index (χ3n) is 3.88. The molecule has 0 saturated heterocycles. The lowest BCUT2D eigenvalue weighted by molar-refractivity contribution is 0.0780. The van der Waals surface area contributed by atoms with E-state index in [0.717, 1.165) is 26.4 Å². The Kier molecular flexibility index (Phi) is 3.54. The Morgan fingerprint density at radius 3 is 2.83 bits per heavy atom. The summed E-state index contributed by atoms with van der Waals surface area (Å²) in [6, 6.07) is 11.9. The standard InChI is InChI=1S/C18H16N4OS/c1-12-7-8-16-19-14(10-22(16)9-12)18(23)21(2)11-17-20-13-5-3-4-6-15(13)24-17/h3-10H,11H2,1-2H3. The lowest BCUT2D eigenvalue weighted by atomic mass is 10.3. The van der Waals surface area contributed by atoms with Gasteiger partial charge in [0.2, 0.25) is 0 Å². The predicted octanol–water partition coefficient (Wildman–Crippen LogP) is 3.52. The van der Waals surface area contributed by atoms with Crippen LogP contribution in [0.2, 0.25) is 0 Å². The number of fused-ring (bicyclic) bond motifs is 2. The molecule has 24 heavy (non-hydrogen) atoms. The van der Waals surface area contributed by atoms with Crippen LogP contribution >= 0.6 is 11.3 Å². The molecule has 1 amide bonds. The molecule has 0 unspecified atom stereocenters. The van der Waals surface area contributed by atoms with Crippen LogP contribution in [0.5, 0.6) is 0 Å². The molecule has 4 rings (SSSR count). The number of carbonyl (C=O) groups is 1. The van der Waals surface area contributed by atoms with Crippen molar-refractivity contribution in [2.45, 2.75) is 13.5 Å². The Morgan fingerprint density at radius 1 is 1.17 bits per heavy atom. The summed E-state index contributed by atoms with van der Waals surface area (Å²) >= 11 is 1.61. The molecule has 0 fully saturated rings. The van der Waals surface area contributed by atoms with E-state index < -0.39 is 0 Å². The minimum atomic E-state index is -0.101. The molecule has 0 spiro atoms. The van der Waals surface area contributed by atoms with E-state index in [1.54, 1.807) is 29.5 Å². The molecule has 3 aromatic heterocycles. The van der Waals surface area contributed by atoms with E-state index in [4.69, 9.17) is 0 Å². The van der Waals surface area contributed by atoms with Crippen LogP contribution in [0.3, 0.4) is 0 Å². The van der Waals surface area contributed by atoms with Gasteiger partial charge < -0.3 is 9.30 Å². The van der Waals surface area contributed by atoms with Gasteiger partial charge in [0.25, 0.3) is 5.91 Å². The van der Waals surface area contributed by atoms with Crippen LogP contribution in [0.4, 0.5) is 0 Å². The minimum absolute atomic E-state index is 0.101. The van der Waals surface area contributed by atoms with Crippen molar-refractivity contribution in [3.63, 3.8) is 0 Å². The average molecular weight is 336 g/mol. The highest BCUT2D eigenvalue weighted by Crippen LogP contribution is 2.22. The SMILES string of the molecule is Cc1ccc2nc(C(=O)N(C)Cc3nc4ccccc4s3)cn2c1. The summed E-state index contributed by atoms with van der Waals surface area (Å²) < 4.78 is 3.02. The Bertz CT molecular complexity index is 1020. The number of hydrogen-bond donors (Lipinski definition) is 0. The number of nitrogens with zero attached hydrogens (tertiary/aromatic N) is 4. The number of pyridine rings is 1. The summed E-state index contributed by atoms with van der Waals surface area (Å²) in [5.74, 6) is -0.101. The molecular weight excluding hydrogens is 320 g/mol. The van der Waals surface area contributed by atoms with Crippen molar-refractivity contribution in [3.05, 3.63) is 65.1 Å². The van der Waals surface area contributed by atoms with E-state index in [0.29, 0.717) is 12.2 Å². The first-order valence-corrected chi connectivity index (χ1v) is 8.47. The highest BCUT2D eigenvalue weighted by molar-refractivity contribution is 7.18. The number of imidazole rings is 1. The zero-order valence-corrected chi connectivity index (χ0v) is 14.2. The number of amides is 1. The van der Waals surface area contributed by atoms with Gasteiger partial charge in [-0.15, -0.1) is 11.3 Å². The first kappa shape index (κ1) is 14.8. The van der Waals surface area contributed by atoms with Gasteiger partial charge >= 0.3 is 0 Å². The highest BCUT2D eigenvalue weighted by Gasteiger charge is 2.17. The summed E-state index contributed by atoms with van der Waals surface area (Å²) in [6.07, 6.45) is 3.74. The van der Waals surface area contributed by atoms with Crippen LogP contribution in [0.15, 0.2) is 48.8 Å². The molecule has 3 heterocycles. The van der Waals surface area contributed by atoms with E-state index >= 15 is 0 Å². The zero-order valence-electron chi connectivity index (χ0n) is 13.4. The van der Waals surface area contributed by atoms with E-state index in [2.05, 4.69) is 9.97 Å². The van der Waals surface area contributed by atoms with Crippen molar-refractivity contribution in [2.75, 3.05) is 7.05 Å². The summed E-state index contributed by atoms with van der Waals surface area (Å²) in [4.78, 5) is 23.3. The van der Waals surface area contributed by atoms with Gasteiger partial charge in [-0.2, -0.15) is 0 Å². The number of carbonyl (C=O) groups excluding carboxylic acids is 1. The predicted molar refractivity (Wildman–Crippen MR) is 95.3 cm³/mol. The maximum atomic E-state index is 12.6. The third kappa shape index (κ3) is 2.65. The molecule has 0 bridgehead atoms. The van der Waals surface area contributed by atoms with Crippen molar-refractivity contribution >= 4 is 33.1 Å². The zero-order chi connectivity index (χ0) is 16.7. The second kappa shape index (κ2) is 5.72. The van der Waals surface area contributed by atoms with Gasteiger partial charge in [0.15, 0.2) is 0 Å². The van der Waals surface area contributed by atoms with Crippen molar-refractivity contribution in [1.29, 1.82) is 0 Å². The van der Waals surface area contributed by atoms with Gasteiger partial charge in [-0.1, -0.05) is 18.2 Å². The van der Waals surface area contributed by atoms with Crippen molar-refractivity contribution in [3.8, 4) is 0 Å². The maximum Gasteiger partial charge on any atom is 0.274 e. The number of benzene rings is 1. The van der Waals surface area contributed by atoms with Crippen LogP contribution in [0.1, 0.15) is 21.1 Å². The quantitative estimate of drug-likeness (QED) is 0.575. The summed E-state index contributed by atoms with van der Waals surface area (Å²) in [5, 5.41) is 0.923. The van der Waals surface area contributed by atoms with Crippen LogP contribution in [0.25, 0.3) is 15.9 Å². The highest BCUT2D eigenvalue weighted by atomic mass is 32.1. The van der Waals surface area contributed by atoms with Crippen molar-refractivity contribution in [2.24, 2.45) is 0 Å². The van der Waals surface area contributed by atoms with Gasteiger partial charge in [-0.05, 0) is 30.7 Å². The first-order valence-electron chi connectivity index (χ1n) is 7.65. The molecule has 0 saturated carbocycles. The molecule has 6 heteroatoms. The number of aromatic nitrogens is 3. The monoisotopic (exact) mass is 336 g/mol. The van der Waals surface area contributed by atoms with Crippen LogP contribution in [-0.2, 0) is 6.54 Å². The largest absolute Gasteiger partial charge is 0.334 e. The molecule has 0 aliphatic carbocycles. The second-order valence-corrected chi connectivity index (χ2v) is 6.95. The topological polar surface area (TPSA) is 50.5 Å². The molecule has 0 aliphatic rings. The second-order valence-electron chi connectivity index (χ2n) is 5.83. The molecule has 0 N–H and O–H groups in total. The smallest absolute Gasteiger partial charge is 0.274 e. The number of rotatable bonds is 3. The maximum absolute atomic E-state index is 12.6. The van der Waals surface area contributed by atoms with Crippen LogP contribution in [0, 0.1) is 6.92 Å². The van der Waals surface area contributed by atoms with Gasteiger partial charge in [0, 0.05) is 19.4 Å². The number of hydrogen-bond acceptors (Lipinski definition) is 4. The molecule has 120 valence electrons. The van der Waals surface area contributed by atoms with Crippen molar-refractivity contribution < 1.29 is 4.79 Å². The van der Waals surface area contributed by atoms with E-state index in [1.807, 2.05) is 53.9 Å². The Balaban J connectivity index is 1.58. The fraction of sp³-hybridized carbons (Fsp3) is 0.167. The fourth-order valence-corrected chi connectivity index (χ4v) is 3.68. The summed E-state index contributed by atoms with van der Waals surface area (Å²) in [5.41, 5.74) is 3.32. The molecule has 0 aliphatic heterocycles. The average Bonchev–Trinajstić information content (AvgIpc) is 3.16. The number of aryl methyl sites for hydroxylation is 1. The van der Waals surface area contributed by atoms with Crippen molar-refractivity contribution in [1.82, 2.24) is 19.3 Å². The molecule has 0 atom stereocenters. The number of thiazole rings is 1. The Labute approximate surface area is 143 Å². The molecule has 0 radical (unpaired) electrons. The van der Waals surface area contributed by atoms with E-state index in [1.165, 1.54) is 0 Å². The lowest BCUT2D eigenvalue weighted by Crippen LogP contribution is -2.26. The summed E-state index contributed by atoms with van der Waals surface area (Å²) in [6.45, 7) is 2.49. The summed E-state index contributed by atoms with van der Waals surface area (Å²) in [7, 11) is 1.78. The van der Waals surface area contributed by atoms with Gasteiger partial charge in [0.05, 0.1) is 16.8 Å². The first-order chi connectivity index (χ1) is 11.6. The van der Waals surface area contributed by atoms with Crippen LogP contribution < -0.4 is 0 Å². The van der Waals surface area contributed by atoms with Gasteiger partial charge in [-0.3, -0.25) is 4.79 Å². The molecular formula is C18H16N4OS. The van der Waals surface area contributed by atoms with E-state index in [9.17, 15) is 4.79 Å². The Hall–Kier alpha value is -2.73. The normalized spacial score (nSPS) is 11.2. The Morgan fingerprint density at radius 2 is 2.00 bits per heavy atom. The minimum Gasteiger partial charge on any atom is -0.334 e. The van der Waals surface area contributed by atoms with Crippen LogP contribution in [-0.4, -0.2) is 32.2 Å². The molecule has 4 aromatic rings. The lowest BCUT2D eigenvalue weighted by Gasteiger charge is -2.13. The fourth-order valence-electron chi connectivity index (χ4n) is 2.66. The van der Waals surface area contributed by atoms with E-state index in [-0.39, 0.29) is 5.91 Å². The number of para-hydroxylation sites is 1. The molecule has 1 aromatic carbocycles. The van der Waals surface area contributed by atoms with Gasteiger partial charge in [0.1, 0.15) is 16.3 Å². The third-order valence-corrected chi connectivity index (χ3v) is 4.90.